The van der Waals surface area contributed by atoms with Crippen molar-refractivity contribution in [1.29, 1.82) is 0 Å². The molecule has 0 unspecified atom stereocenters. The fourth-order valence-corrected chi connectivity index (χ4v) is 3.42. The lowest BCUT2D eigenvalue weighted by molar-refractivity contribution is 0.00210. The van der Waals surface area contributed by atoms with Gasteiger partial charge in [-0.25, -0.2) is 0 Å². The van der Waals surface area contributed by atoms with Gasteiger partial charge in [0.15, 0.2) is 0 Å². The van der Waals surface area contributed by atoms with Crippen LogP contribution >= 0.6 is 0 Å². The number of hydrogen-bond acceptors (Lipinski definition) is 5. The largest absolute Gasteiger partial charge is 0.467 e. The van der Waals surface area contributed by atoms with Crippen LogP contribution in [-0.2, 0) is 17.9 Å². The molecule has 0 bridgehead atoms. The summed E-state index contributed by atoms with van der Waals surface area (Å²) in [6.45, 7) is 7.40. The molecule has 2 atom stereocenters. The van der Waals surface area contributed by atoms with Gasteiger partial charge in [-0.05, 0) is 51.4 Å². The SMILES string of the molecule is Cc1cc(C)n(C[C@@H]2CCCN2C[C@@H](O)COCc2ccco2)n1. The Bertz CT molecular complexity index is 623. The van der Waals surface area contributed by atoms with E-state index < -0.39 is 6.10 Å². The third-order valence-corrected chi connectivity index (χ3v) is 4.57. The van der Waals surface area contributed by atoms with Gasteiger partial charge in [0.1, 0.15) is 12.4 Å². The number of furan rings is 1. The zero-order valence-electron chi connectivity index (χ0n) is 14.5. The first-order chi connectivity index (χ1) is 11.6. The summed E-state index contributed by atoms with van der Waals surface area (Å²) in [6, 6.07) is 6.25. The van der Waals surface area contributed by atoms with Crippen molar-refractivity contribution in [2.45, 2.75) is 52.0 Å². The van der Waals surface area contributed by atoms with Gasteiger partial charge in [-0.15, -0.1) is 0 Å². The van der Waals surface area contributed by atoms with Crippen LogP contribution < -0.4 is 0 Å². The summed E-state index contributed by atoms with van der Waals surface area (Å²) in [7, 11) is 0. The van der Waals surface area contributed by atoms with E-state index in [2.05, 4.69) is 27.7 Å². The maximum absolute atomic E-state index is 10.3. The highest BCUT2D eigenvalue weighted by atomic mass is 16.5. The number of aryl methyl sites for hydroxylation is 2. The van der Waals surface area contributed by atoms with Crippen LogP contribution in [0.5, 0.6) is 0 Å². The average Bonchev–Trinajstić information content (AvgIpc) is 3.24. The molecule has 1 aliphatic rings. The molecule has 6 nitrogen and oxygen atoms in total. The Morgan fingerprint density at radius 1 is 1.46 bits per heavy atom. The van der Waals surface area contributed by atoms with Crippen molar-refractivity contribution in [1.82, 2.24) is 14.7 Å². The van der Waals surface area contributed by atoms with Crippen LogP contribution in [0.4, 0.5) is 0 Å². The second-order valence-electron chi connectivity index (χ2n) is 6.65. The van der Waals surface area contributed by atoms with Crippen LogP contribution in [0.25, 0.3) is 0 Å². The van der Waals surface area contributed by atoms with E-state index >= 15 is 0 Å². The Morgan fingerprint density at radius 2 is 2.33 bits per heavy atom. The molecule has 3 heterocycles. The Morgan fingerprint density at radius 3 is 3.04 bits per heavy atom. The normalized spacial score (nSPS) is 19.9. The summed E-state index contributed by atoms with van der Waals surface area (Å²) in [4.78, 5) is 2.36. The van der Waals surface area contributed by atoms with E-state index in [4.69, 9.17) is 9.15 Å². The summed E-state index contributed by atoms with van der Waals surface area (Å²) in [6.07, 6.45) is 3.46. The average molecular weight is 333 g/mol. The number of hydrogen-bond donors (Lipinski definition) is 1. The van der Waals surface area contributed by atoms with Crippen molar-refractivity contribution in [3.05, 3.63) is 41.6 Å². The molecule has 0 aliphatic carbocycles. The summed E-state index contributed by atoms with van der Waals surface area (Å²) < 4.78 is 12.8. The molecule has 0 amide bonds. The van der Waals surface area contributed by atoms with Gasteiger partial charge in [0.25, 0.3) is 0 Å². The van der Waals surface area contributed by atoms with Gasteiger partial charge < -0.3 is 14.3 Å². The Balaban J connectivity index is 1.45. The molecule has 0 aromatic carbocycles. The second kappa shape index (κ2) is 7.96. The first-order valence-electron chi connectivity index (χ1n) is 8.65. The van der Waals surface area contributed by atoms with Crippen molar-refractivity contribution >= 4 is 0 Å². The maximum Gasteiger partial charge on any atom is 0.129 e. The quantitative estimate of drug-likeness (QED) is 0.802. The molecule has 0 radical (unpaired) electrons. The zero-order valence-corrected chi connectivity index (χ0v) is 14.5. The highest BCUT2D eigenvalue weighted by Crippen LogP contribution is 2.20. The van der Waals surface area contributed by atoms with Crippen LogP contribution in [0, 0.1) is 13.8 Å². The molecular weight excluding hydrogens is 306 g/mol. The molecule has 1 N–H and O–H groups in total. The van der Waals surface area contributed by atoms with Crippen molar-refractivity contribution in [2.24, 2.45) is 0 Å². The van der Waals surface area contributed by atoms with Crippen molar-refractivity contribution < 1.29 is 14.3 Å². The highest BCUT2D eigenvalue weighted by Gasteiger charge is 2.27. The van der Waals surface area contributed by atoms with Gasteiger partial charge >= 0.3 is 0 Å². The number of ether oxygens (including phenoxy) is 1. The van der Waals surface area contributed by atoms with E-state index in [1.807, 2.05) is 19.1 Å². The number of aliphatic hydroxyl groups excluding tert-OH is 1. The lowest BCUT2D eigenvalue weighted by Crippen LogP contribution is -2.40. The number of likely N-dealkylation sites (tertiary alicyclic amines) is 1. The molecule has 24 heavy (non-hydrogen) atoms. The molecule has 2 aromatic rings. The Hall–Kier alpha value is -1.63. The minimum atomic E-state index is -0.485. The number of aromatic nitrogens is 2. The Labute approximate surface area is 143 Å². The third kappa shape index (κ3) is 4.47. The molecule has 132 valence electrons. The number of nitrogens with zero attached hydrogens (tertiary/aromatic N) is 3. The van der Waals surface area contributed by atoms with Gasteiger partial charge in [0.2, 0.25) is 0 Å². The highest BCUT2D eigenvalue weighted by molar-refractivity contribution is 5.07. The summed E-state index contributed by atoms with van der Waals surface area (Å²) in [5.74, 6) is 0.783. The third-order valence-electron chi connectivity index (χ3n) is 4.57. The molecule has 6 heteroatoms. The van der Waals surface area contributed by atoms with Crippen molar-refractivity contribution in [3.8, 4) is 0 Å². The summed E-state index contributed by atoms with van der Waals surface area (Å²) in [5.41, 5.74) is 2.25. The van der Waals surface area contributed by atoms with E-state index in [0.717, 1.165) is 31.0 Å². The predicted octanol–water partition coefficient (Wildman–Crippen LogP) is 2.14. The second-order valence-corrected chi connectivity index (χ2v) is 6.65. The minimum Gasteiger partial charge on any atom is -0.467 e. The number of β-amino-alcohol motifs (C(OH)–C–C–N with tert-alkyl or cyclic N) is 1. The fourth-order valence-electron chi connectivity index (χ4n) is 3.42. The molecule has 0 spiro atoms. The molecule has 2 aromatic heterocycles. The summed E-state index contributed by atoms with van der Waals surface area (Å²) in [5, 5.41) is 14.8. The van der Waals surface area contributed by atoms with Crippen molar-refractivity contribution in [2.75, 3.05) is 19.7 Å². The van der Waals surface area contributed by atoms with Crippen molar-refractivity contribution in [3.63, 3.8) is 0 Å². The lowest BCUT2D eigenvalue weighted by Gasteiger charge is -2.27. The first-order valence-corrected chi connectivity index (χ1v) is 8.65. The zero-order chi connectivity index (χ0) is 16.9. The molecule has 1 fully saturated rings. The van der Waals surface area contributed by atoms with E-state index in [0.29, 0.717) is 25.8 Å². The molecule has 3 rings (SSSR count). The van der Waals surface area contributed by atoms with Gasteiger partial charge in [0, 0.05) is 18.3 Å². The summed E-state index contributed by atoms with van der Waals surface area (Å²) >= 11 is 0. The van der Waals surface area contributed by atoms with Gasteiger partial charge in [-0.1, -0.05) is 0 Å². The molecule has 1 saturated heterocycles. The Kier molecular flexibility index (Phi) is 5.71. The molecular formula is C18H27N3O3. The standard InChI is InChI=1S/C18H27N3O3/c1-14-9-15(2)21(19-14)10-16-5-3-7-20(16)11-17(22)12-23-13-18-6-4-8-24-18/h4,6,8-9,16-17,22H,3,5,7,10-13H2,1-2H3/t16-,17+/m0/s1. The lowest BCUT2D eigenvalue weighted by atomic mass is 10.2. The number of rotatable bonds is 8. The van der Waals surface area contributed by atoms with Gasteiger partial charge in [0.05, 0.1) is 31.2 Å². The van der Waals surface area contributed by atoms with Gasteiger partial charge in [-0.2, -0.15) is 5.10 Å². The van der Waals surface area contributed by atoms with E-state index in [1.54, 1.807) is 6.26 Å². The van der Waals surface area contributed by atoms with E-state index in [1.165, 1.54) is 12.1 Å². The number of aliphatic hydroxyl groups is 1. The fraction of sp³-hybridized carbons (Fsp3) is 0.611. The van der Waals surface area contributed by atoms with Crippen LogP contribution in [0.15, 0.2) is 28.9 Å². The van der Waals surface area contributed by atoms with E-state index in [9.17, 15) is 5.11 Å². The predicted molar refractivity (Wildman–Crippen MR) is 90.7 cm³/mol. The van der Waals surface area contributed by atoms with Crippen LogP contribution in [-0.4, -0.2) is 51.6 Å². The minimum absolute atomic E-state index is 0.323. The topological polar surface area (TPSA) is 63.7 Å². The van der Waals surface area contributed by atoms with Gasteiger partial charge in [-0.3, -0.25) is 9.58 Å². The van der Waals surface area contributed by atoms with Crippen LogP contribution in [0.1, 0.15) is 30.0 Å². The van der Waals surface area contributed by atoms with E-state index in [-0.39, 0.29) is 0 Å². The first kappa shape index (κ1) is 17.2. The van der Waals surface area contributed by atoms with Crippen LogP contribution in [0.2, 0.25) is 0 Å². The molecule has 0 saturated carbocycles. The maximum atomic E-state index is 10.3. The smallest absolute Gasteiger partial charge is 0.129 e. The molecule has 1 aliphatic heterocycles. The monoisotopic (exact) mass is 333 g/mol. The van der Waals surface area contributed by atoms with Crippen LogP contribution in [0.3, 0.4) is 0 Å².